The first-order chi connectivity index (χ1) is 12.6. The van der Waals surface area contributed by atoms with Gasteiger partial charge >= 0.3 is 0 Å². The van der Waals surface area contributed by atoms with Gasteiger partial charge in [0.25, 0.3) is 0 Å². The summed E-state index contributed by atoms with van der Waals surface area (Å²) in [4.78, 5) is 15.3. The van der Waals surface area contributed by atoms with Crippen molar-refractivity contribution < 1.29 is 4.79 Å². The summed E-state index contributed by atoms with van der Waals surface area (Å²) in [5.41, 5.74) is 3.77. The largest absolute Gasteiger partial charge is 0.312 e. The third kappa shape index (κ3) is 4.82. The predicted molar refractivity (Wildman–Crippen MR) is 111 cm³/mol. The molecule has 0 saturated heterocycles. The lowest BCUT2D eigenvalue weighted by Gasteiger charge is -2.35. The summed E-state index contributed by atoms with van der Waals surface area (Å²) in [6.45, 7) is 5.18. The van der Waals surface area contributed by atoms with E-state index in [2.05, 4.69) is 30.0 Å². The van der Waals surface area contributed by atoms with E-state index in [0.717, 1.165) is 50.3 Å². The summed E-state index contributed by atoms with van der Waals surface area (Å²) in [7, 11) is 0. The molecule has 0 aromatic heterocycles. The van der Waals surface area contributed by atoms with Crippen molar-refractivity contribution in [3.63, 3.8) is 0 Å². The number of carbonyl (C=O) groups is 1. The maximum Gasteiger partial charge on any atom is 0.230 e. The molecule has 1 amide bonds. The molecule has 1 unspecified atom stereocenters. The fourth-order valence-electron chi connectivity index (χ4n) is 4.74. The van der Waals surface area contributed by atoms with Gasteiger partial charge in [-0.15, -0.1) is 11.6 Å². The number of carbonyl (C=O) groups excluding carboxylic acids is 1. The van der Waals surface area contributed by atoms with Crippen LogP contribution in [0, 0.1) is 11.8 Å². The van der Waals surface area contributed by atoms with Crippen LogP contribution in [0.25, 0.3) is 0 Å². The Morgan fingerprint density at radius 2 is 2.04 bits per heavy atom. The average Bonchev–Trinajstić information content (AvgIpc) is 2.65. The molecule has 1 aromatic rings. The molecule has 1 saturated carbocycles. The topological polar surface area (TPSA) is 20.3 Å². The number of alkyl halides is 1. The van der Waals surface area contributed by atoms with Crippen LogP contribution in [-0.4, -0.2) is 17.8 Å². The maximum atomic E-state index is 13.2. The lowest BCUT2D eigenvalue weighted by atomic mass is 9.79. The first kappa shape index (κ1) is 19.7. The smallest absolute Gasteiger partial charge is 0.230 e. The van der Waals surface area contributed by atoms with Crippen LogP contribution in [0.4, 0.5) is 5.69 Å². The van der Waals surface area contributed by atoms with Gasteiger partial charge in [-0.3, -0.25) is 4.79 Å². The van der Waals surface area contributed by atoms with Gasteiger partial charge in [-0.25, -0.2) is 0 Å². The highest BCUT2D eigenvalue weighted by molar-refractivity contribution is 6.20. The third-order valence-corrected chi connectivity index (χ3v) is 6.36. The van der Waals surface area contributed by atoms with E-state index < -0.39 is 0 Å². The van der Waals surface area contributed by atoms with Gasteiger partial charge in [0.05, 0.1) is 0 Å². The number of anilines is 1. The molecular weight excluding hydrogens is 342 g/mol. The van der Waals surface area contributed by atoms with Crippen LogP contribution in [0.15, 0.2) is 18.2 Å². The minimum absolute atomic E-state index is 0.150. The third-order valence-electron chi connectivity index (χ3n) is 6.21. The molecule has 1 atom stereocenters. The van der Waals surface area contributed by atoms with E-state index in [9.17, 15) is 4.79 Å². The summed E-state index contributed by atoms with van der Waals surface area (Å²) in [6, 6.07) is 6.59. The SMILES string of the molecule is CCCCC1CCC(C(=O)N2CCCc3cc(CC(C)Cl)ccc32)CC1. The molecule has 1 aliphatic heterocycles. The van der Waals surface area contributed by atoms with Crippen molar-refractivity contribution in [1.29, 1.82) is 0 Å². The highest BCUT2D eigenvalue weighted by Crippen LogP contribution is 2.36. The van der Waals surface area contributed by atoms with Gasteiger partial charge in [0, 0.05) is 23.5 Å². The van der Waals surface area contributed by atoms with Crippen LogP contribution in [0.5, 0.6) is 0 Å². The Morgan fingerprint density at radius 3 is 2.73 bits per heavy atom. The second-order valence-corrected chi connectivity index (χ2v) is 9.15. The fourth-order valence-corrected chi connectivity index (χ4v) is 4.92. The second-order valence-electron chi connectivity index (χ2n) is 8.40. The number of hydrogen-bond acceptors (Lipinski definition) is 1. The number of hydrogen-bond donors (Lipinski definition) is 0. The van der Waals surface area contributed by atoms with Crippen molar-refractivity contribution in [3.8, 4) is 0 Å². The van der Waals surface area contributed by atoms with Gasteiger partial charge < -0.3 is 4.90 Å². The van der Waals surface area contributed by atoms with Gasteiger partial charge in [0.15, 0.2) is 0 Å². The van der Waals surface area contributed by atoms with E-state index in [-0.39, 0.29) is 11.3 Å². The van der Waals surface area contributed by atoms with Crippen LogP contribution in [0.3, 0.4) is 0 Å². The Kier molecular flexibility index (Phi) is 7.03. The summed E-state index contributed by atoms with van der Waals surface area (Å²) in [5, 5.41) is 0.150. The first-order valence-electron chi connectivity index (χ1n) is 10.7. The standard InChI is InChI=1S/C23H34ClNO/c1-3-4-6-18-8-11-20(12-9-18)23(26)25-14-5-7-21-16-19(15-17(2)24)10-13-22(21)25/h10,13,16-18,20H,3-9,11-12,14-15H2,1-2H3. The molecule has 1 heterocycles. The van der Waals surface area contributed by atoms with Crippen molar-refractivity contribution in [2.45, 2.75) is 83.4 Å². The molecular formula is C23H34ClNO. The van der Waals surface area contributed by atoms with Crippen molar-refractivity contribution in [3.05, 3.63) is 29.3 Å². The van der Waals surface area contributed by atoms with Crippen LogP contribution in [0.2, 0.25) is 0 Å². The number of nitrogens with zero attached hydrogens (tertiary/aromatic N) is 1. The summed E-state index contributed by atoms with van der Waals surface area (Å²) in [5.74, 6) is 1.47. The molecule has 0 bridgehead atoms. The Bertz CT molecular complexity index is 604. The van der Waals surface area contributed by atoms with Crippen molar-refractivity contribution in [1.82, 2.24) is 0 Å². The molecule has 1 aromatic carbocycles. The zero-order valence-corrected chi connectivity index (χ0v) is 17.2. The minimum Gasteiger partial charge on any atom is -0.312 e. The van der Waals surface area contributed by atoms with E-state index >= 15 is 0 Å². The van der Waals surface area contributed by atoms with E-state index in [4.69, 9.17) is 11.6 Å². The normalized spacial score (nSPS) is 24.2. The van der Waals surface area contributed by atoms with Crippen LogP contribution in [-0.2, 0) is 17.6 Å². The number of fused-ring (bicyclic) bond motifs is 1. The summed E-state index contributed by atoms with van der Waals surface area (Å²) < 4.78 is 0. The lowest BCUT2D eigenvalue weighted by Crippen LogP contribution is -2.40. The molecule has 144 valence electrons. The van der Waals surface area contributed by atoms with Crippen LogP contribution >= 0.6 is 11.6 Å². The van der Waals surface area contributed by atoms with Crippen LogP contribution < -0.4 is 4.90 Å². The zero-order valence-electron chi connectivity index (χ0n) is 16.5. The molecule has 3 heteroatoms. The van der Waals surface area contributed by atoms with Crippen LogP contribution in [0.1, 0.15) is 76.3 Å². The number of amides is 1. The quantitative estimate of drug-likeness (QED) is 0.547. The molecule has 0 radical (unpaired) electrons. The second kappa shape index (κ2) is 9.26. The van der Waals surface area contributed by atoms with E-state index in [1.54, 1.807) is 0 Å². The highest BCUT2D eigenvalue weighted by Gasteiger charge is 2.31. The molecule has 3 rings (SSSR count). The molecule has 2 nitrogen and oxygen atoms in total. The maximum absolute atomic E-state index is 13.2. The number of rotatable bonds is 6. The van der Waals surface area contributed by atoms with Gasteiger partial charge in [0.2, 0.25) is 5.91 Å². The Labute approximate surface area is 164 Å². The minimum atomic E-state index is 0.150. The number of halogens is 1. The number of unbranched alkanes of at least 4 members (excludes halogenated alkanes) is 1. The molecule has 1 fully saturated rings. The van der Waals surface area contributed by atoms with Gasteiger partial charge in [-0.05, 0) is 75.0 Å². The van der Waals surface area contributed by atoms with Crippen molar-refractivity contribution in [2.24, 2.45) is 11.8 Å². The van der Waals surface area contributed by atoms with Gasteiger partial charge in [-0.1, -0.05) is 38.3 Å². The lowest BCUT2D eigenvalue weighted by molar-refractivity contribution is -0.123. The highest BCUT2D eigenvalue weighted by atomic mass is 35.5. The van der Waals surface area contributed by atoms with E-state index in [1.807, 2.05) is 6.92 Å². The van der Waals surface area contributed by atoms with Crippen molar-refractivity contribution in [2.75, 3.05) is 11.4 Å². The molecule has 26 heavy (non-hydrogen) atoms. The molecule has 1 aliphatic carbocycles. The summed E-state index contributed by atoms with van der Waals surface area (Å²) in [6.07, 6.45) is 11.7. The molecule has 2 aliphatic rings. The molecule has 0 spiro atoms. The zero-order chi connectivity index (χ0) is 18.5. The van der Waals surface area contributed by atoms with E-state index in [1.165, 1.54) is 43.2 Å². The summed E-state index contributed by atoms with van der Waals surface area (Å²) >= 11 is 6.16. The first-order valence-corrected chi connectivity index (χ1v) is 11.1. The monoisotopic (exact) mass is 375 g/mol. The molecule has 0 N–H and O–H groups in total. The van der Waals surface area contributed by atoms with Crippen molar-refractivity contribution >= 4 is 23.2 Å². The predicted octanol–water partition coefficient (Wildman–Crippen LogP) is 6.13. The number of aryl methyl sites for hydroxylation is 1. The fraction of sp³-hybridized carbons (Fsp3) is 0.696. The van der Waals surface area contributed by atoms with Gasteiger partial charge in [0.1, 0.15) is 0 Å². The Hall–Kier alpha value is -1.02. The van der Waals surface area contributed by atoms with Gasteiger partial charge in [-0.2, -0.15) is 0 Å². The number of benzene rings is 1. The average molecular weight is 376 g/mol. The Morgan fingerprint density at radius 1 is 1.27 bits per heavy atom. The Balaban J connectivity index is 1.65. The van der Waals surface area contributed by atoms with E-state index in [0.29, 0.717) is 5.91 Å².